The van der Waals surface area contributed by atoms with Crippen LogP contribution >= 0.6 is 15.9 Å². The van der Waals surface area contributed by atoms with Gasteiger partial charge in [0, 0.05) is 0 Å². The molecule has 1 saturated heterocycles. The summed E-state index contributed by atoms with van der Waals surface area (Å²) in [6, 6.07) is 0. The van der Waals surface area contributed by atoms with E-state index in [0.717, 1.165) is 0 Å². The summed E-state index contributed by atoms with van der Waals surface area (Å²) in [5, 5.41) is 0. The Bertz CT molecular complexity index is 196. The first-order valence-electron chi connectivity index (χ1n) is 3.66. The third-order valence-corrected chi connectivity index (χ3v) is 3.47. The summed E-state index contributed by atoms with van der Waals surface area (Å²) in [6.07, 6.45) is 0. The molecule has 0 radical (unpaired) electrons. The third-order valence-electron chi connectivity index (χ3n) is 1.95. The van der Waals surface area contributed by atoms with Crippen LogP contribution in [-0.4, -0.2) is 21.8 Å². The van der Waals surface area contributed by atoms with E-state index >= 15 is 0 Å². The van der Waals surface area contributed by atoms with E-state index in [4.69, 9.17) is 4.74 Å². The standard InChI is InChI=1S/C8H13BrO2/c1-7(2)5(9)6(10)8(3,4)11-7/h5H,1-4H3. The number of ketones is 1. The van der Waals surface area contributed by atoms with Crippen molar-refractivity contribution in [3.05, 3.63) is 0 Å². The van der Waals surface area contributed by atoms with E-state index in [0.29, 0.717) is 0 Å². The maximum Gasteiger partial charge on any atom is 0.180 e. The maximum absolute atomic E-state index is 11.5. The third kappa shape index (κ3) is 1.36. The molecular weight excluding hydrogens is 208 g/mol. The van der Waals surface area contributed by atoms with Crippen LogP contribution in [0, 0.1) is 0 Å². The fraction of sp³-hybridized carbons (Fsp3) is 0.875. The minimum atomic E-state index is -0.627. The smallest absolute Gasteiger partial charge is 0.180 e. The summed E-state index contributed by atoms with van der Waals surface area (Å²) < 4.78 is 5.56. The first kappa shape index (κ1) is 9.20. The molecule has 0 aromatic carbocycles. The van der Waals surface area contributed by atoms with Crippen LogP contribution in [0.2, 0.25) is 0 Å². The normalized spacial score (nSPS) is 34.3. The van der Waals surface area contributed by atoms with Gasteiger partial charge in [0.15, 0.2) is 5.78 Å². The zero-order valence-electron chi connectivity index (χ0n) is 7.27. The van der Waals surface area contributed by atoms with Crippen molar-refractivity contribution in [3.63, 3.8) is 0 Å². The summed E-state index contributed by atoms with van der Waals surface area (Å²) >= 11 is 3.33. The summed E-state index contributed by atoms with van der Waals surface area (Å²) in [5.74, 6) is 0.127. The van der Waals surface area contributed by atoms with Crippen LogP contribution in [0.4, 0.5) is 0 Å². The van der Waals surface area contributed by atoms with E-state index in [-0.39, 0.29) is 16.2 Å². The number of carbonyl (C=O) groups is 1. The fourth-order valence-corrected chi connectivity index (χ4v) is 2.03. The van der Waals surface area contributed by atoms with Gasteiger partial charge in [0.1, 0.15) is 10.4 Å². The molecule has 1 aliphatic rings. The highest BCUT2D eigenvalue weighted by Gasteiger charge is 2.52. The molecule has 1 atom stereocenters. The van der Waals surface area contributed by atoms with Gasteiger partial charge >= 0.3 is 0 Å². The Morgan fingerprint density at radius 2 is 1.82 bits per heavy atom. The van der Waals surface area contributed by atoms with E-state index in [9.17, 15) is 4.79 Å². The molecule has 0 aromatic heterocycles. The number of hydrogen-bond acceptors (Lipinski definition) is 2. The lowest BCUT2D eigenvalue weighted by Crippen LogP contribution is -2.30. The summed E-state index contributed by atoms with van der Waals surface area (Å²) in [4.78, 5) is 11.3. The van der Waals surface area contributed by atoms with Gasteiger partial charge in [0.05, 0.1) is 5.60 Å². The van der Waals surface area contributed by atoms with Crippen LogP contribution in [0.25, 0.3) is 0 Å². The van der Waals surface area contributed by atoms with Gasteiger partial charge in [-0.05, 0) is 27.7 Å². The lowest BCUT2D eigenvalue weighted by atomic mass is 9.99. The monoisotopic (exact) mass is 220 g/mol. The summed E-state index contributed by atoms with van der Waals surface area (Å²) in [5.41, 5.74) is -1.00. The molecular formula is C8H13BrO2. The van der Waals surface area contributed by atoms with Crippen LogP contribution in [0.1, 0.15) is 27.7 Å². The van der Waals surface area contributed by atoms with Crippen molar-refractivity contribution in [2.24, 2.45) is 0 Å². The van der Waals surface area contributed by atoms with Crippen molar-refractivity contribution in [2.75, 3.05) is 0 Å². The predicted octanol–water partition coefficient (Wildman–Crippen LogP) is 1.91. The number of ether oxygens (including phenoxy) is 1. The van der Waals surface area contributed by atoms with E-state index in [1.807, 2.05) is 13.8 Å². The van der Waals surface area contributed by atoms with E-state index in [1.165, 1.54) is 0 Å². The lowest BCUT2D eigenvalue weighted by molar-refractivity contribution is -0.132. The Balaban J connectivity index is 2.96. The molecule has 1 rings (SSSR count). The second-order valence-electron chi connectivity index (χ2n) is 3.94. The van der Waals surface area contributed by atoms with Crippen molar-refractivity contribution >= 4 is 21.7 Å². The fourth-order valence-electron chi connectivity index (χ4n) is 1.38. The van der Waals surface area contributed by atoms with Crippen molar-refractivity contribution in [1.29, 1.82) is 0 Å². The summed E-state index contributed by atoms with van der Waals surface area (Å²) in [6.45, 7) is 7.44. The van der Waals surface area contributed by atoms with Crippen LogP contribution in [0.5, 0.6) is 0 Å². The average molecular weight is 221 g/mol. The van der Waals surface area contributed by atoms with Gasteiger partial charge in [-0.25, -0.2) is 0 Å². The van der Waals surface area contributed by atoms with Gasteiger partial charge in [-0.1, -0.05) is 15.9 Å². The number of carbonyl (C=O) groups excluding carboxylic acids is 1. The molecule has 0 N–H and O–H groups in total. The van der Waals surface area contributed by atoms with E-state index in [2.05, 4.69) is 15.9 Å². The quantitative estimate of drug-likeness (QED) is 0.584. The lowest BCUT2D eigenvalue weighted by Gasteiger charge is -2.22. The van der Waals surface area contributed by atoms with Crippen molar-refractivity contribution in [3.8, 4) is 0 Å². The zero-order valence-corrected chi connectivity index (χ0v) is 8.86. The largest absolute Gasteiger partial charge is 0.360 e. The molecule has 0 saturated carbocycles. The molecule has 0 bridgehead atoms. The molecule has 3 heteroatoms. The van der Waals surface area contributed by atoms with Crippen molar-refractivity contribution in [1.82, 2.24) is 0 Å². The van der Waals surface area contributed by atoms with Crippen molar-refractivity contribution < 1.29 is 9.53 Å². The molecule has 0 aliphatic carbocycles. The molecule has 1 aliphatic heterocycles. The zero-order chi connectivity index (χ0) is 8.86. The minimum absolute atomic E-state index is 0.127. The second-order valence-corrected chi connectivity index (χ2v) is 4.86. The summed E-state index contributed by atoms with van der Waals surface area (Å²) in [7, 11) is 0. The van der Waals surface area contributed by atoms with Gasteiger partial charge in [-0.3, -0.25) is 4.79 Å². The first-order valence-corrected chi connectivity index (χ1v) is 4.57. The number of halogens is 1. The highest BCUT2D eigenvalue weighted by atomic mass is 79.9. The Kier molecular flexibility index (Phi) is 1.92. The minimum Gasteiger partial charge on any atom is -0.360 e. The van der Waals surface area contributed by atoms with Gasteiger partial charge in [-0.2, -0.15) is 0 Å². The predicted molar refractivity (Wildman–Crippen MR) is 47.0 cm³/mol. The van der Waals surface area contributed by atoms with Gasteiger partial charge < -0.3 is 4.74 Å². The maximum atomic E-state index is 11.5. The molecule has 11 heavy (non-hydrogen) atoms. The van der Waals surface area contributed by atoms with E-state index < -0.39 is 5.60 Å². The molecule has 1 heterocycles. The van der Waals surface area contributed by atoms with Crippen LogP contribution < -0.4 is 0 Å². The molecule has 64 valence electrons. The Morgan fingerprint density at radius 3 is 1.91 bits per heavy atom. The number of hydrogen-bond donors (Lipinski definition) is 0. The highest BCUT2D eigenvalue weighted by molar-refractivity contribution is 9.10. The number of rotatable bonds is 0. The molecule has 2 nitrogen and oxygen atoms in total. The molecule has 0 amide bonds. The second kappa shape index (κ2) is 2.30. The highest BCUT2D eigenvalue weighted by Crippen LogP contribution is 2.38. The topological polar surface area (TPSA) is 26.3 Å². The molecule has 1 unspecified atom stereocenters. The van der Waals surface area contributed by atoms with Crippen LogP contribution in [0.3, 0.4) is 0 Å². The Labute approximate surface area is 75.4 Å². The van der Waals surface area contributed by atoms with Gasteiger partial charge in [0.25, 0.3) is 0 Å². The van der Waals surface area contributed by atoms with Crippen LogP contribution in [-0.2, 0) is 9.53 Å². The van der Waals surface area contributed by atoms with E-state index in [1.54, 1.807) is 13.8 Å². The van der Waals surface area contributed by atoms with Gasteiger partial charge in [-0.15, -0.1) is 0 Å². The molecule has 0 aromatic rings. The Hall–Kier alpha value is 0.110. The average Bonchev–Trinajstić information content (AvgIpc) is 1.91. The Morgan fingerprint density at radius 1 is 1.36 bits per heavy atom. The molecule has 1 fully saturated rings. The van der Waals surface area contributed by atoms with Crippen LogP contribution in [0.15, 0.2) is 0 Å². The first-order chi connectivity index (χ1) is 4.77. The van der Waals surface area contributed by atoms with Gasteiger partial charge in [0.2, 0.25) is 0 Å². The number of Topliss-reactive ketones (excluding diaryl/α,β-unsaturated/α-hetero) is 1. The number of alkyl halides is 1. The van der Waals surface area contributed by atoms with Crippen molar-refractivity contribution in [2.45, 2.75) is 43.7 Å². The SMILES string of the molecule is CC1(C)OC(C)(C)C(Br)C1=O. The molecule has 0 spiro atoms.